The zero-order valence-corrected chi connectivity index (χ0v) is 17.8. The number of hydrogen-bond acceptors (Lipinski definition) is 5. The van der Waals surface area contributed by atoms with Crippen LogP contribution in [-0.4, -0.2) is 38.5 Å². The van der Waals surface area contributed by atoms with Crippen molar-refractivity contribution in [3.63, 3.8) is 0 Å². The van der Waals surface area contributed by atoms with Crippen LogP contribution in [0.15, 0.2) is 89.1 Å². The van der Waals surface area contributed by atoms with Crippen molar-refractivity contribution in [2.75, 3.05) is 5.75 Å². The molecule has 1 heterocycles. The second kappa shape index (κ2) is 9.93. The molecule has 7 nitrogen and oxygen atoms in total. The van der Waals surface area contributed by atoms with E-state index in [4.69, 9.17) is 10.1 Å². The van der Waals surface area contributed by atoms with Gasteiger partial charge in [-0.3, -0.25) is 4.79 Å². The fourth-order valence-electron chi connectivity index (χ4n) is 3.14. The molecule has 0 saturated carbocycles. The molecule has 0 radical (unpaired) electrons. The Morgan fingerprint density at radius 1 is 1.00 bits per heavy atom. The lowest BCUT2D eigenvalue weighted by molar-refractivity contribution is -0.118. The number of benzene rings is 3. The lowest BCUT2D eigenvalue weighted by atomic mass is 10.1. The number of aromatic nitrogens is 2. The number of carboxylic acid groups (broad SMARTS) is 1. The van der Waals surface area contributed by atoms with Gasteiger partial charge in [-0.05, 0) is 35.4 Å². The van der Waals surface area contributed by atoms with Crippen LogP contribution in [0.25, 0.3) is 11.0 Å². The second-order valence-electron chi connectivity index (χ2n) is 6.96. The van der Waals surface area contributed by atoms with Crippen molar-refractivity contribution < 1.29 is 14.7 Å². The quantitative estimate of drug-likeness (QED) is 0.243. The fraction of sp³-hybridized carbons (Fsp3) is 0.0833. The molecule has 0 unspecified atom stereocenters. The number of carboxylic acids is 1. The lowest BCUT2D eigenvalue weighted by Gasteiger charge is -2.09. The molecule has 3 aromatic carbocycles. The summed E-state index contributed by atoms with van der Waals surface area (Å²) in [5.74, 6) is -1.09. The predicted octanol–water partition coefficient (Wildman–Crippen LogP) is 4.03. The van der Waals surface area contributed by atoms with Crippen LogP contribution >= 0.6 is 11.8 Å². The van der Waals surface area contributed by atoms with E-state index in [-0.39, 0.29) is 17.2 Å². The highest BCUT2D eigenvalue weighted by molar-refractivity contribution is 7.99. The van der Waals surface area contributed by atoms with Crippen LogP contribution in [-0.2, 0) is 11.3 Å². The fourth-order valence-corrected chi connectivity index (χ4v) is 3.94. The van der Waals surface area contributed by atoms with Crippen LogP contribution < -0.4 is 5.43 Å². The zero-order valence-electron chi connectivity index (χ0n) is 17.0. The van der Waals surface area contributed by atoms with E-state index in [0.717, 1.165) is 21.8 Å². The highest BCUT2D eigenvalue weighted by atomic mass is 32.2. The van der Waals surface area contributed by atoms with E-state index < -0.39 is 5.97 Å². The number of hydrogen-bond donors (Lipinski definition) is 2. The molecule has 1 aromatic heterocycles. The van der Waals surface area contributed by atoms with Crippen LogP contribution in [0, 0.1) is 0 Å². The van der Waals surface area contributed by atoms with Gasteiger partial charge in [-0.1, -0.05) is 66.4 Å². The maximum atomic E-state index is 12.3. The molecular weight excluding hydrogens is 424 g/mol. The Kier molecular flexibility index (Phi) is 6.62. The van der Waals surface area contributed by atoms with Crippen molar-refractivity contribution in [1.29, 1.82) is 0 Å². The van der Waals surface area contributed by atoms with Crippen LogP contribution in [0.1, 0.15) is 21.5 Å². The van der Waals surface area contributed by atoms with Gasteiger partial charge in [0.25, 0.3) is 5.91 Å². The number of fused-ring (bicyclic) bond motifs is 1. The molecule has 32 heavy (non-hydrogen) atoms. The third-order valence-corrected chi connectivity index (χ3v) is 5.67. The largest absolute Gasteiger partial charge is 0.478 e. The van der Waals surface area contributed by atoms with Crippen molar-refractivity contribution >= 4 is 40.9 Å². The van der Waals surface area contributed by atoms with Crippen molar-refractivity contribution in [2.24, 2.45) is 5.10 Å². The van der Waals surface area contributed by atoms with Crippen LogP contribution in [0.3, 0.4) is 0 Å². The van der Waals surface area contributed by atoms with Gasteiger partial charge in [0.05, 0.1) is 35.1 Å². The first kappa shape index (κ1) is 21.3. The summed E-state index contributed by atoms with van der Waals surface area (Å²) in [5, 5.41) is 13.6. The third-order valence-electron chi connectivity index (χ3n) is 4.70. The summed E-state index contributed by atoms with van der Waals surface area (Å²) in [6.07, 6.45) is 1.47. The van der Waals surface area contributed by atoms with Gasteiger partial charge in [-0.15, -0.1) is 0 Å². The Balaban J connectivity index is 1.40. The first-order valence-corrected chi connectivity index (χ1v) is 10.9. The molecule has 0 aliphatic carbocycles. The standard InChI is InChI=1S/C24H20N4O3S/c29-22(27-25-14-17-10-12-19(13-11-17)23(30)31)16-32-24-26-20-8-4-5-9-21(20)28(24)15-18-6-2-1-3-7-18/h1-14H,15-16H2,(H,27,29)(H,30,31)/b25-14-. The number of para-hydroxylation sites is 2. The maximum absolute atomic E-state index is 12.3. The number of nitrogens with zero attached hydrogens (tertiary/aromatic N) is 3. The van der Waals surface area contributed by atoms with E-state index >= 15 is 0 Å². The summed E-state index contributed by atoms with van der Waals surface area (Å²) in [5.41, 5.74) is 6.43. The molecule has 0 aliphatic heterocycles. The Morgan fingerprint density at radius 2 is 1.72 bits per heavy atom. The first-order chi connectivity index (χ1) is 15.6. The Hall–Kier alpha value is -3.91. The number of carbonyl (C=O) groups is 2. The number of carbonyl (C=O) groups excluding carboxylic acids is 1. The molecular formula is C24H20N4O3S. The van der Waals surface area contributed by atoms with Gasteiger partial charge in [0.2, 0.25) is 0 Å². The molecule has 160 valence electrons. The minimum Gasteiger partial charge on any atom is -0.478 e. The minimum absolute atomic E-state index is 0.160. The minimum atomic E-state index is -0.989. The topological polar surface area (TPSA) is 96.6 Å². The van der Waals surface area contributed by atoms with E-state index in [9.17, 15) is 9.59 Å². The van der Waals surface area contributed by atoms with Gasteiger partial charge in [0.15, 0.2) is 5.16 Å². The average molecular weight is 445 g/mol. The number of aromatic carboxylic acids is 1. The Labute approximate surface area is 188 Å². The third kappa shape index (κ3) is 5.22. The normalized spacial score (nSPS) is 11.1. The van der Waals surface area contributed by atoms with Gasteiger partial charge in [0, 0.05) is 0 Å². The van der Waals surface area contributed by atoms with E-state index in [1.54, 1.807) is 12.1 Å². The summed E-state index contributed by atoms with van der Waals surface area (Å²) in [4.78, 5) is 27.9. The van der Waals surface area contributed by atoms with E-state index in [0.29, 0.717) is 12.1 Å². The van der Waals surface area contributed by atoms with E-state index in [2.05, 4.69) is 27.2 Å². The molecule has 0 aliphatic rings. The smallest absolute Gasteiger partial charge is 0.335 e. The molecule has 0 saturated heterocycles. The van der Waals surface area contributed by atoms with Gasteiger partial charge in [-0.2, -0.15) is 5.10 Å². The van der Waals surface area contributed by atoms with Gasteiger partial charge in [0.1, 0.15) is 0 Å². The zero-order chi connectivity index (χ0) is 22.3. The first-order valence-electron chi connectivity index (χ1n) is 9.87. The molecule has 0 atom stereocenters. The predicted molar refractivity (Wildman–Crippen MR) is 125 cm³/mol. The maximum Gasteiger partial charge on any atom is 0.335 e. The average Bonchev–Trinajstić information content (AvgIpc) is 3.16. The summed E-state index contributed by atoms with van der Waals surface area (Å²) in [7, 11) is 0. The van der Waals surface area contributed by atoms with Gasteiger partial charge >= 0.3 is 5.97 Å². The number of thioether (sulfide) groups is 1. The Morgan fingerprint density at radius 3 is 2.47 bits per heavy atom. The highest BCUT2D eigenvalue weighted by Gasteiger charge is 2.13. The molecule has 0 spiro atoms. The van der Waals surface area contributed by atoms with E-state index in [1.807, 2.05) is 42.5 Å². The summed E-state index contributed by atoms with van der Waals surface area (Å²) >= 11 is 1.35. The Bertz CT molecular complexity index is 1270. The SMILES string of the molecule is O=C(CSc1nc2ccccc2n1Cc1ccccc1)N/N=C\c1ccc(C(=O)O)cc1. The molecule has 1 amide bonds. The van der Waals surface area contributed by atoms with Crippen molar-refractivity contribution in [2.45, 2.75) is 11.7 Å². The summed E-state index contributed by atoms with van der Waals surface area (Å²) in [6.45, 7) is 0.662. The number of hydrazone groups is 1. The molecule has 0 fully saturated rings. The summed E-state index contributed by atoms with van der Waals surface area (Å²) < 4.78 is 2.11. The van der Waals surface area contributed by atoms with Gasteiger partial charge in [-0.25, -0.2) is 15.2 Å². The van der Waals surface area contributed by atoms with Crippen molar-refractivity contribution in [3.05, 3.63) is 95.6 Å². The van der Waals surface area contributed by atoms with E-state index in [1.165, 1.54) is 30.1 Å². The molecule has 0 bridgehead atoms. The van der Waals surface area contributed by atoms with Crippen molar-refractivity contribution in [3.8, 4) is 0 Å². The molecule has 8 heteroatoms. The van der Waals surface area contributed by atoms with Gasteiger partial charge < -0.3 is 9.67 Å². The summed E-state index contributed by atoms with van der Waals surface area (Å²) in [6, 6.07) is 24.2. The second-order valence-corrected chi connectivity index (χ2v) is 7.91. The monoisotopic (exact) mass is 444 g/mol. The number of amides is 1. The molecule has 4 rings (SSSR count). The number of imidazole rings is 1. The van der Waals surface area contributed by atoms with Crippen LogP contribution in [0.5, 0.6) is 0 Å². The highest BCUT2D eigenvalue weighted by Crippen LogP contribution is 2.25. The number of rotatable bonds is 8. The molecule has 2 N–H and O–H groups in total. The molecule has 4 aromatic rings. The lowest BCUT2D eigenvalue weighted by Crippen LogP contribution is -2.20. The van der Waals surface area contributed by atoms with Crippen LogP contribution in [0.4, 0.5) is 0 Å². The number of nitrogens with one attached hydrogen (secondary N) is 1. The van der Waals surface area contributed by atoms with Crippen molar-refractivity contribution in [1.82, 2.24) is 15.0 Å². The van der Waals surface area contributed by atoms with Crippen LogP contribution in [0.2, 0.25) is 0 Å².